The number of rotatable bonds is 7. The summed E-state index contributed by atoms with van der Waals surface area (Å²) in [5.41, 5.74) is 0.343. The van der Waals surface area contributed by atoms with E-state index < -0.39 is 41.9 Å². The topological polar surface area (TPSA) is 151 Å². The van der Waals surface area contributed by atoms with Crippen LogP contribution < -0.4 is 30.2 Å². The van der Waals surface area contributed by atoms with Crippen molar-refractivity contribution in [3.05, 3.63) is 71.8 Å². The second-order valence-corrected chi connectivity index (χ2v) is 13.5. The van der Waals surface area contributed by atoms with Gasteiger partial charge < -0.3 is 49.8 Å². The summed E-state index contributed by atoms with van der Waals surface area (Å²) in [6.45, 7) is 5.83. The molecule has 54 heavy (non-hydrogen) atoms. The van der Waals surface area contributed by atoms with Crippen molar-refractivity contribution in [1.29, 1.82) is 0 Å². The molecule has 0 aromatic heterocycles. The van der Waals surface area contributed by atoms with Crippen molar-refractivity contribution in [2.45, 2.75) is 64.5 Å². The van der Waals surface area contributed by atoms with Crippen LogP contribution >= 0.6 is 0 Å². The fourth-order valence-corrected chi connectivity index (χ4v) is 6.04. The molecule has 2 heterocycles. The van der Waals surface area contributed by atoms with Gasteiger partial charge in [-0.15, -0.1) is 0 Å². The smallest absolute Gasteiger partial charge is 0.416 e. The van der Waals surface area contributed by atoms with Crippen LogP contribution in [0.25, 0.3) is 0 Å². The molecule has 16 heteroatoms. The van der Waals surface area contributed by atoms with E-state index in [1.165, 1.54) is 28.0 Å². The van der Waals surface area contributed by atoms with E-state index >= 15 is 0 Å². The number of alkyl halides is 3. The third-order valence-corrected chi connectivity index (χ3v) is 9.20. The highest BCUT2D eigenvalue weighted by Gasteiger charge is 2.32. The van der Waals surface area contributed by atoms with Gasteiger partial charge in [-0.3, -0.25) is 4.79 Å². The summed E-state index contributed by atoms with van der Waals surface area (Å²) in [6.07, 6.45) is -3.23. The van der Waals surface area contributed by atoms with Crippen LogP contribution in [0.3, 0.4) is 0 Å². The minimum absolute atomic E-state index is 0.0933. The van der Waals surface area contributed by atoms with Gasteiger partial charge in [0.2, 0.25) is 6.79 Å². The van der Waals surface area contributed by atoms with Gasteiger partial charge in [0.1, 0.15) is 5.75 Å². The Kier molecular flexibility index (Phi) is 13.1. The zero-order valence-corrected chi connectivity index (χ0v) is 30.6. The predicted molar refractivity (Wildman–Crippen MR) is 195 cm³/mol. The van der Waals surface area contributed by atoms with Crippen molar-refractivity contribution in [3.8, 4) is 17.2 Å². The number of carbonyl (C=O) groups excluding carboxylic acids is 3. The van der Waals surface area contributed by atoms with Crippen LogP contribution in [0.15, 0.2) is 60.7 Å². The molecule has 3 aromatic rings. The molecule has 0 spiro atoms. The first kappa shape index (κ1) is 40.0. The molecular weight excluding hydrogens is 711 g/mol. The molecule has 0 fully saturated rings. The molecule has 0 unspecified atom stereocenters. The highest BCUT2D eigenvalue weighted by atomic mass is 19.4. The molecule has 0 saturated heterocycles. The lowest BCUT2D eigenvalue weighted by molar-refractivity contribution is -0.137. The van der Waals surface area contributed by atoms with Crippen molar-refractivity contribution in [2.75, 3.05) is 56.1 Å². The number of fused-ring (bicyclic) bond motifs is 2. The van der Waals surface area contributed by atoms with E-state index in [-0.39, 0.29) is 49.8 Å². The summed E-state index contributed by atoms with van der Waals surface area (Å²) in [5, 5.41) is 18.4. The molecule has 4 N–H and O–H groups in total. The number of benzene rings is 3. The first-order chi connectivity index (χ1) is 25.7. The van der Waals surface area contributed by atoms with E-state index in [4.69, 9.17) is 18.9 Å². The molecule has 3 aromatic carbocycles. The average molecular weight is 758 g/mol. The zero-order valence-electron chi connectivity index (χ0n) is 30.6. The van der Waals surface area contributed by atoms with Crippen molar-refractivity contribution < 1.29 is 51.6 Å². The van der Waals surface area contributed by atoms with E-state index in [0.717, 1.165) is 18.6 Å². The normalized spacial score (nSPS) is 19.8. The highest BCUT2D eigenvalue weighted by molar-refractivity contribution is 6.02. The Morgan fingerprint density at radius 2 is 1.57 bits per heavy atom. The zero-order chi connectivity index (χ0) is 39.0. The average Bonchev–Trinajstić information content (AvgIpc) is 3.60. The number of anilines is 3. The monoisotopic (exact) mass is 757 g/mol. The molecule has 2 aliphatic heterocycles. The highest BCUT2D eigenvalue weighted by Crippen LogP contribution is 2.35. The summed E-state index contributed by atoms with van der Waals surface area (Å²) >= 11 is 0. The van der Waals surface area contributed by atoms with Gasteiger partial charge in [-0.05, 0) is 87.7 Å². The third-order valence-electron chi connectivity index (χ3n) is 9.20. The van der Waals surface area contributed by atoms with Gasteiger partial charge in [-0.25, -0.2) is 9.59 Å². The second kappa shape index (κ2) is 17.7. The number of amides is 5. The number of ether oxygens (including phenoxy) is 4. The summed E-state index contributed by atoms with van der Waals surface area (Å²) in [7, 11) is 1.55. The minimum atomic E-state index is -4.50. The number of aliphatic hydroxyl groups is 1. The van der Waals surface area contributed by atoms with E-state index in [1.807, 2.05) is 13.8 Å². The number of nitrogens with zero attached hydrogens (tertiary/aromatic N) is 2. The summed E-state index contributed by atoms with van der Waals surface area (Å²) in [5.74, 6) is 0.590. The molecule has 4 atom stereocenters. The molecular formula is C38H46F3N5O8. The third kappa shape index (κ3) is 10.5. The number of hydrogen-bond donors (Lipinski definition) is 4. The van der Waals surface area contributed by atoms with E-state index in [2.05, 4.69) is 16.0 Å². The van der Waals surface area contributed by atoms with Crippen LogP contribution in [0, 0.1) is 5.92 Å². The lowest BCUT2D eigenvalue weighted by atomic mass is 10.0. The number of halogens is 3. The minimum Gasteiger partial charge on any atom is -0.490 e. The van der Waals surface area contributed by atoms with Gasteiger partial charge in [0.25, 0.3) is 5.91 Å². The van der Waals surface area contributed by atoms with Gasteiger partial charge >= 0.3 is 18.2 Å². The Labute approximate surface area is 311 Å². The molecule has 5 amide bonds. The Morgan fingerprint density at radius 1 is 0.926 bits per heavy atom. The lowest BCUT2D eigenvalue weighted by Gasteiger charge is -2.35. The van der Waals surface area contributed by atoms with E-state index in [9.17, 15) is 32.7 Å². The van der Waals surface area contributed by atoms with Crippen LogP contribution in [0.2, 0.25) is 0 Å². The largest absolute Gasteiger partial charge is 0.490 e. The van der Waals surface area contributed by atoms with E-state index in [0.29, 0.717) is 48.1 Å². The van der Waals surface area contributed by atoms with Gasteiger partial charge in [0, 0.05) is 55.8 Å². The lowest BCUT2D eigenvalue weighted by Crippen LogP contribution is -2.48. The van der Waals surface area contributed by atoms with Crippen molar-refractivity contribution in [1.82, 2.24) is 9.80 Å². The number of aliphatic hydroxyl groups excluding tert-OH is 1. The Hall–Kier alpha value is -5.22. The SMILES string of the molecule is C[C@H]1CCCCO[C@@H](CN(C)C(=O)Nc2ccc(C(F)(F)F)cc2)[C@@H](C)CN([C@@H](C)CO)C(=O)c2cc(NC(=O)Nc3ccc4c(c3)OCO4)ccc2O1. The standard InChI is InChI=1S/C38H46F3N5O8/c1-23-19-46(24(2)21-47)35(48)30-17-28(42-36(49)43-29-13-15-32-33(18-29)53-22-52-32)12-14-31(30)54-25(3)7-5-6-16-51-34(23)20-45(4)37(50)44-27-10-8-26(9-11-27)38(39,40)41/h8-15,17-18,23-25,34,47H,5-7,16,19-22H2,1-4H3,(H,44,50)(H2,42,43,49)/t23-,24-,25-,34-/m0/s1. The van der Waals surface area contributed by atoms with Gasteiger partial charge in [0.15, 0.2) is 11.5 Å². The molecule has 0 radical (unpaired) electrons. The van der Waals surface area contributed by atoms with Crippen LogP contribution in [-0.4, -0.2) is 91.3 Å². The maximum absolute atomic E-state index is 14.4. The van der Waals surface area contributed by atoms with Crippen LogP contribution in [0.5, 0.6) is 17.2 Å². The number of likely N-dealkylation sites (N-methyl/N-ethyl adjacent to an activating group) is 1. The summed E-state index contributed by atoms with van der Waals surface area (Å²) in [6, 6.07) is 12.2. The van der Waals surface area contributed by atoms with Crippen LogP contribution in [-0.2, 0) is 10.9 Å². The Bertz CT molecular complexity index is 1780. The molecule has 2 aliphatic rings. The summed E-state index contributed by atoms with van der Waals surface area (Å²) < 4.78 is 62.3. The maximum Gasteiger partial charge on any atom is 0.416 e. The van der Waals surface area contributed by atoms with Crippen molar-refractivity contribution in [3.63, 3.8) is 0 Å². The molecule has 0 bridgehead atoms. The Balaban J connectivity index is 1.33. The second-order valence-electron chi connectivity index (χ2n) is 13.5. The van der Waals surface area contributed by atoms with E-state index in [1.54, 1.807) is 44.3 Å². The summed E-state index contributed by atoms with van der Waals surface area (Å²) in [4.78, 5) is 43.4. The fourth-order valence-electron chi connectivity index (χ4n) is 6.04. The van der Waals surface area contributed by atoms with Gasteiger partial charge in [-0.2, -0.15) is 13.2 Å². The molecule has 0 aliphatic carbocycles. The number of urea groups is 2. The van der Waals surface area contributed by atoms with Gasteiger partial charge in [0.05, 0.1) is 36.0 Å². The number of carbonyl (C=O) groups is 3. The molecule has 13 nitrogen and oxygen atoms in total. The van der Waals surface area contributed by atoms with Crippen molar-refractivity contribution >= 4 is 35.0 Å². The first-order valence-electron chi connectivity index (χ1n) is 17.7. The molecule has 0 saturated carbocycles. The van der Waals surface area contributed by atoms with Crippen molar-refractivity contribution in [2.24, 2.45) is 5.92 Å². The molecule has 292 valence electrons. The van der Waals surface area contributed by atoms with Crippen LogP contribution in [0.4, 0.5) is 39.8 Å². The quantitative estimate of drug-likeness (QED) is 0.201. The van der Waals surface area contributed by atoms with Crippen LogP contribution in [0.1, 0.15) is 56.0 Å². The fraction of sp³-hybridized carbons (Fsp3) is 0.447. The first-order valence-corrected chi connectivity index (χ1v) is 17.7. The predicted octanol–water partition coefficient (Wildman–Crippen LogP) is 7.04. The van der Waals surface area contributed by atoms with Gasteiger partial charge in [-0.1, -0.05) is 6.92 Å². The molecule has 5 rings (SSSR count). The maximum atomic E-state index is 14.4. The number of hydrogen-bond acceptors (Lipinski definition) is 8. The Morgan fingerprint density at radius 3 is 2.26 bits per heavy atom. The number of nitrogens with one attached hydrogen (secondary N) is 3.